The van der Waals surface area contributed by atoms with Crippen LogP contribution in [0.2, 0.25) is 0 Å². The number of imidazole rings is 1. The van der Waals surface area contributed by atoms with E-state index in [2.05, 4.69) is 10.3 Å². The van der Waals surface area contributed by atoms with Crippen molar-refractivity contribution < 1.29 is 27.5 Å². The number of rotatable bonds is 4. The molecule has 6 nitrogen and oxygen atoms in total. The van der Waals surface area contributed by atoms with Gasteiger partial charge in [0.15, 0.2) is 5.60 Å². The highest BCUT2D eigenvalue weighted by molar-refractivity contribution is 5.97. The van der Waals surface area contributed by atoms with Crippen LogP contribution in [0.25, 0.3) is 11.0 Å². The highest BCUT2D eigenvalue weighted by Crippen LogP contribution is 2.33. The Hall–Kier alpha value is -3.45. The first-order chi connectivity index (χ1) is 13.5. The summed E-state index contributed by atoms with van der Waals surface area (Å²) >= 11 is 0. The smallest absolute Gasteiger partial charge is 0.378 e. The third-order valence-corrected chi connectivity index (χ3v) is 4.26. The van der Waals surface area contributed by atoms with Crippen molar-refractivity contribution in [1.82, 2.24) is 9.55 Å². The van der Waals surface area contributed by atoms with Gasteiger partial charge in [0.2, 0.25) is 0 Å². The van der Waals surface area contributed by atoms with E-state index in [1.54, 1.807) is 6.07 Å². The SMILES string of the molecule is C[C@](O)(Cn1cnc2cccc(F)c21)C(=O)Nc1ccc(C#N)c(C(F)(F)F)c1. The highest BCUT2D eigenvalue weighted by Gasteiger charge is 2.35. The fourth-order valence-electron chi connectivity index (χ4n) is 2.83. The molecule has 2 N–H and O–H groups in total. The zero-order valence-corrected chi connectivity index (χ0v) is 15.0. The number of fused-ring (bicyclic) bond motifs is 1. The third kappa shape index (κ3) is 4.05. The molecule has 29 heavy (non-hydrogen) atoms. The summed E-state index contributed by atoms with van der Waals surface area (Å²) in [4.78, 5) is 16.5. The van der Waals surface area contributed by atoms with E-state index >= 15 is 0 Å². The standard InChI is InChI=1S/C19H14F4N4O2/c1-18(29,9-27-10-25-15-4-2-3-14(20)16(15)27)17(28)26-12-6-5-11(8-24)13(7-12)19(21,22)23/h2-7,10,29H,9H2,1H3,(H,26,28)/t18-/m0/s1. The van der Waals surface area contributed by atoms with Gasteiger partial charge in [0.25, 0.3) is 5.91 Å². The zero-order chi connectivity index (χ0) is 21.4. The first-order valence-corrected chi connectivity index (χ1v) is 8.27. The topological polar surface area (TPSA) is 90.9 Å². The Morgan fingerprint density at radius 3 is 2.69 bits per heavy atom. The number of benzene rings is 2. The van der Waals surface area contributed by atoms with Crippen LogP contribution in [0.4, 0.5) is 23.2 Å². The molecule has 1 heterocycles. The van der Waals surface area contributed by atoms with Gasteiger partial charge < -0.3 is 15.0 Å². The highest BCUT2D eigenvalue weighted by atomic mass is 19.4. The lowest BCUT2D eigenvalue weighted by molar-refractivity contribution is -0.138. The summed E-state index contributed by atoms with van der Waals surface area (Å²) in [5.41, 5.74) is -3.74. The molecule has 1 amide bonds. The molecule has 0 unspecified atom stereocenters. The summed E-state index contributed by atoms with van der Waals surface area (Å²) in [5, 5.41) is 21.6. The third-order valence-electron chi connectivity index (χ3n) is 4.26. The monoisotopic (exact) mass is 406 g/mol. The van der Waals surface area contributed by atoms with Crippen molar-refractivity contribution in [3.63, 3.8) is 0 Å². The van der Waals surface area contributed by atoms with Crippen LogP contribution in [-0.2, 0) is 17.5 Å². The van der Waals surface area contributed by atoms with Crippen molar-refractivity contribution in [2.24, 2.45) is 0 Å². The minimum absolute atomic E-state index is 0.0818. The van der Waals surface area contributed by atoms with Gasteiger partial charge in [0, 0.05) is 5.69 Å². The molecule has 3 rings (SSSR count). The normalized spacial score (nSPS) is 13.7. The van der Waals surface area contributed by atoms with Gasteiger partial charge in [-0.1, -0.05) is 6.07 Å². The summed E-state index contributed by atoms with van der Waals surface area (Å²) in [5.74, 6) is -1.60. The molecule has 0 aliphatic rings. The maximum Gasteiger partial charge on any atom is 0.417 e. The molecule has 10 heteroatoms. The number of carbonyl (C=O) groups excluding carboxylic acids is 1. The molecule has 150 valence electrons. The Morgan fingerprint density at radius 2 is 2.03 bits per heavy atom. The molecule has 1 atom stereocenters. The molecule has 0 bridgehead atoms. The molecule has 0 radical (unpaired) electrons. The summed E-state index contributed by atoms with van der Waals surface area (Å²) in [7, 11) is 0. The van der Waals surface area contributed by atoms with Crippen LogP contribution in [0.15, 0.2) is 42.7 Å². The second kappa shape index (κ2) is 7.18. The number of nitrogens with zero attached hydrogens (tertiary/aromatic N) is 3. The van der Waals surface area contributed by atoms with Gasteiger partial charge in [-0.15, -0.1) is 0 Å². The van der Waals surface area contributed by atoms with Gasteiger partial charge in [-0.2, -0.15) is 18.4 Å². The van der Waals surface area contributed by atoms with Gasteiger partial charge in [0.05, 0.1) is 35.6 Å². The zero-order valence-electron chi connectivity index (χ0n) is 15.0. The maximum absolute atomic E-state index is 14.1. The van der Waals surface area contributed by atoms with Crippen LogP contribution in [-0.4, -0.2) is 26.2 Å². The summed E-state index contributed by atoms with van der Waals surface area (Å²) in [6.07, 6.45) is -3.54. The van der Waals surface area contributed by atoms with E-state index in [9.17, 15) is 27.5 Å². The van der Waals surface area contributed by atoms with Gasteiger partial charge >= 0.3 is 6.18 Å². The Bertz CT molecular complexity index is 1130. The molecular weight excluding hydrogens is 392 g/mol. The molecule has 0 saturated heterocycles. The summed E-state index contributed by atoms with van der Waals surface area (Å²) < 4.78 is 54.5. The van der Waals surface area contributed by atoms with E-state index in [0.29, 0.717) is 11.6 Å². The quantitative estimate of drug-likeness (QED) is 0.650. The fourth-order valence-corrected chi connectivity index (χ4v) is 2.83. The number of anilines is 1. The Kier molecular flexibility index (Phi) is 5.02. The molecule has 3 aromatic rings. The number of hydrogen-bond donors (Lipinski definition) is 2. The van der Waals surface area contributed by atoms with Crippen molar-refractivity contribution in [1.29, 1.82) is 5.26 Å². The molecule has 1 aromatic heterocycles. The number of nitrogens with one attached hydrogen (secondary N) is 1. The molecule has 0 aliphatic carbocycles. The first-order valence-electron chi connectivity index (χ1n) is 8.27. The number of amides is 1. The van der Waals surface area contributed by atoms with E-state index in [1.165, 1.54) is 29.1 Å². The lowest BCUT2D eigenvalue weighted by atomic mass is 10.0. The van der Waals surface area contributed by atoms with E-state index < -0.39 is 41.2 Å². The first kappa shape index (κ1) is 20.3. The lowest BCUT2D eigenvalue weighted by Crippen LogP contribution is -2.43. The van der Waals surface area contributed by atoms with Crippen LogP contribution >= 0.6 is 0 Å². The number of nitriles is 1. The number of carbonyl (C=O) groups is 1. The number of aromatic nitrogens is 2. The van der Waals surface area contributed by atoms with E-state index in [-0.39, 0.29) is 11.2 Å². The number of hydrogen-bond acceptors (Lipinski definition) is 4. The van der Waals surface area contributed by atoms with Crippen LogP contribution in [0.5, 0.6) is 0 Å². The Labute approximate surface area is 162 Å². The van der Waals surface area contributed by atoms with Crippen molar-refractivity contribution in [2.45, 2.75) is 25.2 Å². The average Bonchev–Trinajstić information content (AvgIpc) is 3.04. The van der Waals surface area contributed by atoms with Crippen LogP contribution in [0.1, 0.15) is 18.1 Å². The van der Waals surface area contributed by atoms with E-state index in [0.717, 1.165) is 19.1 Å². The lowest BCUT2D eigenvalue weighted by Gasteiger charge is -2.23. The summed E-state index contributed by atoms with van der Waals surface area (Å²) in [6.45, 7) is 0.752. The molecular formula is C19H14F4N4O2. The largest absolute Gasteiger partial charge is 0.417 e. The average molecular weight is 406 g/mol. The van der Waals surface area contributed by atoms with Gasteiger partial charge in [-0.05, 0) is 37.3 Å². The number of para-hydroxylation sites is 1. The van der Waals surface area contributed by atoms with Crippen molar-refractivity contribution in [3.05, 3.63) is 59.7 Å². The number of halogens is 4. The van der Waals surface area contributed by atoms with Gasteiger partial charge in [-0.3, -0.25) is 4.79 Å². The minimum Gasteiger partial charge on any atom is -0.378 e. The maximum atomic E-state index is 14.1. The van der Waals surface area contributed by atoms with E-state index in [4.69, 9.17) is 5.26 Å². The molecule has 0 fully saturated rings. The molecule has 0 aliphatic heterocycles. The Balaban J connectivity index is 1.85. The Morgan fingerprint density at radius 1 is 1.31 bits per heavy atom. The predicted molar refractivity (Wildman–Crippen MR) is 95.1 cm³/mol. The second-order valence-electron chi connectivity index (χ2n) is 6.58. The predicted octanol–water partition coefficient (Wildman–Crippen LogP) is 3.46. The molecule has 2 aromatic carbocycles. The van der Waals surface area contributed by atoms with Crippen molar-refractivity contribution in [3.8, 4) is 6.07 Å². The fraction of sp³-hybridized carbons (Fsp3) is 0.211. The summed E-state index contributed by atoms with van der Waals surface area (Å²) in [6, 6.07) is 8.30. The van der Waals surface area contributed by atoms with Gasteiger partial charge in [-0.25, -0.2) is 9.37 Å². The van der Waals surface area contributed by atoms with E-state index in [1.807, 2.05) is 0 Å². The van der Waals surface area contributed by atoms with Crippen LogP contribution in [0, 0.1) is 17.1 Å². The number of alkyl halides is 3. The number of aliphatic hydroxyl groups is 1. The van der Waals surface area contributed by atoms with Crippen LogP contribution < -0.4 is 5.32 Å². The van der Waals surface area contributed by atoms with Gasteiger partial charge in [0.1, 0.15) is 11.3 Å². The van der Waals surface area contributed by atoms with Crippen molar-refractivity contribution in [2.75, 3.05) is 5.32 Å². The molecule has 0 spiro atoms. The minimum atomic E-state index is -4.79. The van der Waals surface area contributed by atoms with Crippen LogP contribution in [0.3, 0.4) is 0 Å². The van der Waals surface area contributed by atoms with Crippen molar-refractivity contribution >= 4 is 22.6 Å². The second-order valence-corrected chi connectivity index (χ2v) is 6.58. The molecule has 0 saturated carbocycles.